The second-order valence-corrected chi connectivity index (χ2v) is 20.3. The topological polar surface area (TPSA) is 263 Å². The molecule has 0 aliphatic carbocycles. The van der Waals surface area contributed by atoms with Crippen LogP contribution in [-0.2, 0) is 46.9 Å². The lowest BCUT2D eigenvalue weighted by Crippen LogP contribution is -2.43. The SMILES string of the molecule is C=P([O-])(OCCCCCCSCC(=O)NCCCCCC(=O)NCCN(CCNC(=O)CCCCCNC(=O)CSCCCCCCOP(=C)([O-])ON=P)C(=O)OCCOCC)ON=P. The van der Waals surface area contributed by atoms with Crippen LogP contribution in [0.2, 0.25) is 0 Å². The Hall–Kier alpha value is -1.63. The molecule has 0 aromatic rings. The minimum absolute atomic E-state index is 0.0176. The quantitative estimate of drug-likeness (QED) is 0.0343. The van der Waals surface area contributed by atoms with E-state index in [1.165, 1.54) is 4.90 Å². The number of carbonyl (C=O) groups excluding carboxylic acids is 5. The molecule has 0 aliphatic heterocycles. The predicted octanol–water partition coefficient (Wildman–Crippen LogP) is 5.29. The molecule has 0 bridgehead atoms. The Morgan fingerprint density at radius 2 is 0.985 bits per heavy atom. The predicted molar refractivity (Wildman–Crippen MR) is 264 cm³/mol. The van der Waals surface area contributed by atoms with E-state index in [9.17, 15) is 33.8 Å². The number of nitrogens with one attached hydrogen (secondary N) is 4. The van der Waals surface area contributed by atoms with Crippen molar-refractivity contribution in [3.8, 4) is 0 Å². The second kappa shape index (κ2) is 43.6. The second-order valence-electron chi connectivity index (χ2n) is 14.5. The van der Waals surface area contributed by atoms with Gasteiger partial charge in [-0.05, 0) is 69.8 Å². The summed E-state index contributed by atoms with van der Waals surface area (Å²) in [5.41, 5.74) is 0. The van der Waals surface area contributed by atoms with Crippen LogP contribution in [0.5, 0.6) is 0 Å². The number of amides is 5. The van der Waals surface area contributed by atoms with Crippen LogP contribution in [-0.4, -0.2) is 143 Å². The van der Waals surface area contributed by atoms with E-state index in [0.717, 1.165) is 88.6 Å². The Morgan fingerprint density at radius 1 is 0.569 bits per heavy atom. The summed E-state index contributed by atoms with van der Waals surface area (Å²) in [4.78, 5) is 93.0. The van der Waals surface area contributed by atoms with Crippen molar-refractivity contribution in [2.24, 2.45) is 9.82 Å². The number of ether oxygens (including phenoxy) is 2. The first-order chi connectivity index (χ1) is 31.2. The molecule has 0 aromatic heterocycles. The van der Waals surface area contributed by atoms with Crippen molar-refractivity contribution in [3.63, 3.8) is 0 Å². The molecule has 0 aliphatic rings. The lowest BCUT2D eigenvalue weighted by atomic mass is 10.2. The zero-order chi connectivity index (χ0) is 48.3. The van der Waals surface area contributed by atoms with E-state index in [2.05, 4.69) is 71.0 Å². The largest absolute Gasteiger partial charge is 0.787 e. The van der Waals surface area contributed by atoms with Crippen LogP contribution < -0.4 is 31.1 Å². The lowest BCUT2D eigenvalue weighted by molar-refractivity contribution is -0.208. The molecule has 65 heavy (non-hydrogen) atoms. The molecular formula is C39H75N7O13P4S2-2. The van der Waals surface area contributed by atoms with Crippen molar-refractivity contribution in [2.45, 2.75) is 110 Å². The van der Waals surface area contributed by atoms with Crippen molar-refractivity contribution in [1.29, 1.82) is 0 Å². The third-order valence-corrected chi connectivity index (χ3v) is 13.3. The van der Waals surface area contributed by atoms with Crippen LogP contribution in [0.15, 0.2) is 9.82 Å². The summed E-state index contributed by atoms with van der Waals surface area (Å²) in [6, 6.07) is 0. The van der Waals surface area contributed by atoms with Crippen LogP contribution in [0.3, 0.4) is 0 Å². The van der Waals surface area contributed by atoms with E-state index < -0.39 is 21.2 Å². The zero-order valence-corrected chi connectivity index (χ0v) is 43.6. The van der Waals surface area contributed by atoms with E-state index in [1.807, 2.05) is 6.92 Å². The summed E-state index contributed by atoms with van der Waals surface area (Å²) < 4.78 is 29.8. The highest BCUT2D eigenvalue weighted by molar-refractivity contribution is 8.00. The first kappa shape index (κ1) is 63.4. The molecule has 2 unspecified atom stereocenters. The van der Waals surface area contributed by atoms with Gasteiger partial charge < -0.3 is 54.5 Å². The average molecular weight is 1040 g/mol. The molecule has 4 N–H and O–H groups in total. The van der Waals surface area contributed by atoms with Crippen molar-refractivity contribution in [1.82, 2.24) is 26.2 Å². The number of unbranched alkanes of at least 4 members (excludes halogenated alkanes) is 10. The number of hydrogen-bond donors (Lipinski definition) is 4. The molecular weight excluding hydrogens is 962 g/mol. The van der Waals surface area contributed by atoms with Crippen molar-refractivity contribution < 1.29 is 61.5 Å². The van der Waals surface area contributed by atoms with E-state index in [4.69, 9.17) is 18.5 Å². The maximum Gasteiger partial charge on any atom is 0.409 e. The van der Waals surface area contributed by atoms with Crippen LogP contribution in [0.1, 0.15) is 110 Å². The van der Waals surface area contributed by atoms with Gasteiger partial charge in [0.15, 0.2) is 0 Å². The Labute approximate surface area is 399 Å². The molecule has 0 aromatic carbocycles. The molecule has 20 nitrogen and oxygen atoms in total. The summed E-state index contributed by atoms with van der Waals surface area (Å²) in [6.45, 7) is 5.18. The third kappa shape index (κ3) is 43.4. The summed E-state index contributed by atoms with van der Waals surface area (Å²) >= 11 is 3.15. The molecule has 0 saturated heterocycles. The molecule has 26 heteroatoms. The maximum atomic E-state index is 12.8. The van der Waals surface area contributed by atoms with Crippen molar-refractivity contribution in [3.05, 3.63) is 0 Å². The third-order valence-electron chi connectivity index (χ3n) is 8.87. The van der Waals surface area contributed by atoms with Gasteiger partial charge in [-0.3, -0.25) is 19.2 Å². The van der Waals surface area contributed by atoms with Gasteiger partial charge in [-0.25, -0.2) is 14.0 Å². The number of nitrogens with zero attached hydrogens (tertiary/aromatic N) is 3. The van der Waals surface area contributed by atoms with Gasteiger partial charge in [-0.1, -0.05) is 51.1 Å². The minimum Gasteiger partial charge on any atom is -0.787 e. The van der Waals surface area contributed by atoms with Gasteiger partial charge in [0, 0.05) is 76.8 Å². The van der Waals surface area contributed by atoms with Crippen molar-refractivity contribution in [2.75, 3.05) is 95.3 Å². The van der Waals surface area contributed by atoms with Crippen LogP contribution in [0.4, 0.5) is 4.79 Å². The fourth-order valence-corrected chi connectivity index (χ4v) is 9.10. The molecule has 5 amide bonds. The number of carbonyl (C=O) groups is 5. The van der Waals surface area contributed by atoms with Crippen LogP contribution >= 0.6 is 56.7 Å². The van der Waals surface area contributed by atoms with Gasteiger partial charge in [0.25, 0.3) is 0 Å². The fraction of sp³-hybridized carbons (Fsp3) is 0.821. The summed E-state index contributed by atoms with van der Waals surface area (Å²) in [5.74, 6) is 2.19. The van der Waals surface area contributed by atoms with Gasteiger partial charge in [-0.2, -0.15) is 23.5 Å². The Balaban J connectivity index is 4.08. The van der Waals surface area contributed by atoms with Gasteiger partial charge >= 0.3 is 6.09 Å². The maximum absolute atomic E-state index is 12.8. The van der Waals surface area contributed by atoms with Crippen molar-refractivity contribution >= 4 is 99.0 Å². The standard InChI is InChI=1S/C39H75N7O13P4S2/c1-4-54-29-30-55-39(51)46(25-23-42-35(47)19-11-9-13-21-40-37(49)33-64-31-17-7-5-15-27-56-62(2,52)58-44-60)26-24-43-36(48)20-12-10-14-22-41-38(50)34-65-32-18-8-6-16-28-57-63(3,53)59-45-61/h60-61H,2-34H2,1H3,(H4-2,40,41,42,43,47,48,49,50,52,53)/q-2. The number of rotatable bonds is 46. The molecule has 2 atom stereocenters. The monoisotopic (exact) mass is 1040 g/mol. The van der Waals surface area contributed by atoms with E-state index >= 15 is 0 Å². The minimum atomic E-state index is -3.39. The molecule has 0 spiro atoms. The number of thioether (sulfide) groups is 2. The molecule has 0 heterocycles. The van der Waals surface area contributed by atoms with Crippen LogP contribution in [0, 0.1) is 0 Å². The van der Waals surface area contributed by atoms with Gasteiger partial charge in [0.05, 0.1) is 46.5 Å². The summed E-state index contributed by atoms with van der Waals surface area (Å²) in [6.07, 6.45) is 18.2. The van der Waals surface area contributed by atoms with Gasteiger partial charge in [0.1, 0.15) is 6.61 Å². The van der Waals surface area contributed by atoms with E-state index in [-0.39, 0.29) is 76.2 Å². The van der Waals surface area contributed by atoms with Gasteiger partial charge in [-0.15, -0.1) is 9.82 Å². The zero-order valence-electron chi connectivity index (χ0n) is 38.2. The first-order valence-corrected chi connectivity index (χ1v) is 28.9. The molecule has 0 saturated carbocycles. The summed E-state index contributed by atoms with van der Waals surface area (Å²) in [7, 11) is -1.36. The van der Waals surface area contributed by atoms with Gasteiger partial charge in [0.2, 0.25) is 23.6 Å². The van der Waals surface area contributed by atoms with E-state index in [1.54, 1.807) is 23.5 Å². The lowest BCUT2D eigenvalue weighted by Gasteiger charge is -2.25. The molecule has 378 valence electrons. The Morgan fingerprint density at radius 3 is 1.42 bits per heavy atom. The fourth-order valence-electron chi connectivity index (χ4n) is 5.52. The molecule has 0 radical (unpaired) electrons. The number of hydrogen-bond acceptors (Lipinski definition) is 17. The van der Waals surface area contributed by atoms with Crippen LogP contribution in [0.25, 0.3) is 0 Å². The smallest absolute Gasteiger partial charge is 0.409 e. The highest BCUT2D eigenvalue weighted by Crippen LogP contribution is 2.39. The molecule has 0 rings (SSSR count). The highest BCUT2D eigenvalue weighted by atomic mass is 32.2. The normalized spacial score (nSPS) is 12.9. The molecule has 0 fully saturated rings. The Bertz CT molecular complexity index is 1340. The average Bonchev–Trinajstić information content (AvgIpc) is 3.25. The first-order valence-electron chi connectivity index (χ1n) is 22.3. The Kier molecular flexibility index (Phi) is 42.5. The van der Waals surface area contributed by atoms with E-state index in [0.29, 0.717) is 56.9 Å². The summed E-state index contributed by atoms with van der Waals surface area (Å²) in [5, 5.41) is 11.5. The highest BCUT2D eigenvalue weighted by Gasteiger charge is 2.16.